The van der Waals surface area contributed by atoms with Crippen molar-refractivity contribution < 1.29 is 9.53 Å². The van der Waals surface area contributed by atoms with Crippen molar-refractivity contribution in [2.75, 3.05) is 13.7 Å². The molecule has 0 aromatic heterocycles. The predicted molar refractivity (Wildman–Crippen MR) is 68.1 cm³/mol. The molecular weight excluding hydrogens is 270 g/mol. The Labute approximate surface area is 104 Å². The van der Waals surface area contributed by atoms with Crippen LogP contribution in [0.1, 0.15) is 12.5 Å². The molecule has 1 aromatic carbocycles. The molecular formula is C12H16BrNO2. The molecule has 16 heavy (non-hydrogen) atoms. The first-order valence-corrected chi connectivity index (χ1v) is 6.07. The van der Waals surface area contributed by atoms with Crippen LogP contribution >= 0.6 is 15.9 Å². The van der Waals surface area contributed by atoms with Crippen LogP contribution < -0.4 is 10.1 Å². The molecule has 0 radical (unpaired) electrons. The summed E-state index contributed by atoms with van der Waals surface area (Å²) in [5.41, 5.74) is 0.957. The summed E-state index contributed by atoms with van der Waals surface area (Å²) in [6, 6.07) is 7.54. The largest absolute Gasteiger partial charge is 0.497 e. The number of nitrogens with one attached hydrogen (secondary N) is 1. The van der Waals surface area contributed by atoms with Crippen molar-refractivity contribution in [3.05, 3.63) is 29.8 Å². The van der Waals surface area contributed by atoms with E-state index in [0.717, 1.165) is 11.3 Å². The van der Waals surface area contributed by atoms with Crippen molar-refractivity contribution >= 4 is 21.8 Å². The van der Waals surface area contributed by atoms with Crippen LogP contribution in [-0.2, 0) is 11.2 Å². The molecule has 0 saturated carbocycles. The minimum absolute atomic E-state index is 0.0274. The van der Waals surface area contributed by atoms with Gasteiger partial charge >= 0.3 is 0 Å². The average molecular weight is 286 g/mol. The van der Waals surface area contributed by atoms with Crippen molar-refractivity contribution in [3.63, 3.8) is 0 Å². The van der Waals surface area contributed by atoms with Crippen LogP contribution in [-0.4, -0.2) is 24.4 Å². The summed E-state index contributed by atoms with van der Waals surface area (Å²) in [6.07, 6.45) is 0.386. The zero-order valence-corrected chi connectivity index (χ0v) is 11.1. The number of alkyl halides is 1. The van der Waals surface area contributed by atoms with Crippen LogP contribution in [0, 0.1) is 0 Å². The lowest BCUT2D eigenvalue weighted by Gasteiger charge is -2.07. The van der Waals surface area contributed by atoms with Crippen molar-refractivity contribution in [3.8, 4) is 5.75 Å². The van der Waals surface area contributed by atoms with E-state index in [4.69, 9.17) is 4.74 Å². The number of benzene rings is 1. The van der Waals surface area contributed by atoms with Crippen molar-refractivity contribution in [1.82, 2.24) is 5.32 Å². The molecule has 0 fully saturated rings. The molecule has 1 amide bonds. The Morgan fingerprint density at radius 1 is 1.56 bits per heavy atom. The average Bonchev–Trinajstić information content (AvgIpc) is 2.26. The maximum absolute atomic E-state index is 11.5. The predicted octanol–water partition coefficient (Wildman–Crippen LogP) is 2.14. The third-order valence-corrected chi connectivity index (χ3v) is 2.40. The van der Waals surface area contributed by atoms with Gasteiger partial charge in [0, 0.05) is 11.4 Å². The van der Waals surface area contributed by atoms with E-state index in [1.807, 2.05) is 31.2 Å². The SMILES string of the molecule is COc1cccc(CC(=O)NCC(C)Br)c1. The standard InChI is InChI=1S/C12H16BrNO2/c1-9(13)8-14-12(15)7-10-4-3-5-11(6-10)16-2/h3-6,9H,7-8H2,1-2H3,(H,14,15). The van der Waals surface area contributed by atoms with E-state index in [0.29, 0.717) is 17.8 Å². The molecule has 1 N–H and O–H groups in total. The first-order valence-electron chi connectivity index (χ1n) is 5.15. The number of ether oxygens (including phenoxy) is 1. The third-order valence-electron chi connectivity index (χ3n) is 2.08. The summed E-state index contributed by atoms with van der Waals surface area (Å²) >= 11 is 3.38. The van der Waals surface area contributed by atoms with E-state index in [1.54, 1.807) is 7.11 Å². The number of rotatable bonds is 5. The van der Waals surface area contributed by atoms with Gasteiger partial charge in [0.25, 0.3) is 0 Å². The number of carbonyl (C=O) groups excluding carboxylic acids is 1. The number of carbonyl (C=O) groups is 1. The lowest BCUT2D eigenvalue weighted by Crippen LogP contribution is -2.29. The van der Waals surface area contributed by atoms with Crippen molar-refractivity contribution in [2.24, 2.45) is 0 Å². The maximum Gasteiger partial charge on any atom is 0.224 e. The van der Waals surface area contributed by atoms with Crippen LogP contribution in [0.5, 0.6) is 5.75 Å². The lowest BCUT2D eigenvalue weighted by atomic mass is 10.1. The molecule has 1 atom stereocenters. The Morgan fingerprint density at radius 2 is 2.31 bits per heavy atom. The fourth-order valence-corrected chi connectivity index (χ4v) is 1.45. The number of amides is 1. The Morgan fingerprint density at radius 3 is 2.94 bits per heavy atom. The summed E-state index contributed by atoms with van der Waals surface area (Å²) in [5.74, 6) is 0.804. The number of hydrogen-bond acceptors (Lipinski definition) is 2. The van der Waals surface area contributed by atoms with E-state index < -0.39 is 0 Å². The molecule has 0 bridgehead atoms. The number of methoxy groups -OCH3 is 1. The Kier molecular flexibility index (Phi) is 5.32. The molecule has 0 heterocycles. The quantitative estimate of drug-likeness (QED) is 0.842. The summed E-state index contributed by atoms with van der Waals surface area (Å²) in [7, 11) is 1.62. The first-order chi connectivity index (χ1) is 7.61. The van der Waals surface area contributed by atoms with Gasteiger partial charge in [-0.15, -0.1) is 0 Å². The van der Waals surface area contributed by atoms with Crippen LogP contribution in [0.3, 0.4) is 0 Å². The zero-order chi connectivity index (χ0) is 12.0. The maximum atomic E-state index is 11.5. The summed E-state index contributed by atoms with van der Waals surface area (Å²) < 4.78 is 5.10. The minimum atomic E-state index is 0.0274. The van der Waals surface area contributed by atoms with Gasteiger partial charge in [-0.25, -0.2) is 0 Å². The van der Waals surface area contributed by atoms with Crippen LogP contribution in [0.4, 0.5) is 0 Å². The van der Waals surface area contributed by atoms with Crippen LogP contribution in [0.15, 0.2) is 24.3 Å². The van der Waals surface area contributed by atoms with Crippen LogP contribution in [0.2, 0.25) is 0 Å². The molecule has 0 spiro atoms. The normalized spacial score (nSPS) is 11.9. The first kappa shape index (κ1) is 13.0. The second-order valence-electron chi connectivity index (χ2n) is 3.61. The second kappa shape index (κ2) is 6.53. The number of halogens is 1. The van der Waals surface area contributed by atoms with Gasteiger partial charge in [-0.1, -0.05) is 35.0 Å². The topological polar surface area (TPSA) is 38.3 Å². The van der Waals surface area contributed by atoms with Gasteiger partial charge in [0.2, 0.25) is 5.91 Å². The van der Waals surface area contributed by atoms with E-state index in [9.17, 15) is 4.79 Å². The Balaban J connectivity index is 2.49. The van der Waals surface area contributed by atoms with Gasteiger partial charge in [0.15, 0.2) is 0 Å². The smallest absolute Gasteiger partial charge is 0.224 e. The number of hydrogen-bond donors (Lipinski definition) is 1. The van der Waals surface area contributed by atoms with E-state index >= 15 is 0 Å². The van der Waals surface area contributed by atoms with Crippen molar-refractivity contribution in [1.29, 1.82) is 0 Å². The van der Waals surface area contributed by atoms with Gasteiger partial charge in [-0.05, 0) is 17.7 Å². The van der Waals surface area contributed by atoms with Gasteiger partial charge in [0.1, 0.15) is 5.75 Å². The van der Waals surface area contributed by atoms with Gasteiger partial charge in [-0.3, -0.25) is 4.79 Å². The fourth-order valence-electron chi connectivity index (χ4n) is 1.28. The highest BCUT2D eigenvalue weighted by Crippen LogP contribution is 2.12. The van der Waals surface area contributed by atoms with Crippen molar-refractivity contribution in [2.45, 2.75) is 18.2 Å². The van der Waals surface area contributed by atoms with E-state index in [2.05, 4.69) is 21.2 Å². The van der Waals surface area contributed by atoms with E-state index in [-0.39, 0.29) is 5.91 Å². The molecule has 1 unspecified atom stereocenters. The van der Waals surface area contributed by atoms with Gasteiger partial charge in [0.05, 0.1) is 13.5 Å². The highest BCUT2D eigenvalue weighted by Gasteiger charge is 2.05. The van der Waals surface area contributed by atoms with Gasteiger partial charge in [-0.2, -0.15) is 0 Å². The van der Waals surface area contributed by atoms with Crippen LogP contribution in [0.25, 0.3) is 0 Å². The molecule has 0 aliphatic carbocycles. The minimum Gasteiger partial charge on any atom is -0.497 e. The highest BCUT2D eigenvalue weighted by atomic mass is 79.9. The molecule has 0 saturated heterocycles. The molecule has 4 heteroatoms. The molecule has 0 aliphatic rings. The molecule has 1 aromatic rings. The molecule has 88 valence electrons. The summed E-state index contributed by atoms with van der Waals surface area (Å²) in [5, 5.41) is 2.84. The second-order valence-corrected chi connectivity index (χ2v) is 5.18. The monoisotopic (exact) mass is 285 g/mol. The lowest BCUT2D eigenvalue weighted by molar-refractivity contribution is -0.120. The molecule has 1 rings (SSSR count). The molecule has 0 aliphatic heterocycles. The zero-order valence-electron chi connectivity index (χ0n) is 9.50. The summed E-state index contributed by atoms with van der Waals surface area (Å²) in [4.78, 5) is 11.8. The summed E-state index contributed by atoms with van der Waals surface area (Å²) in [6.45, 7) is 2.63. The highest BCUT2D eigenvalue weighted by molar-refractivity contribution is 9.09. The Bertz CT molecular complexity index is 353. The Hall–Kier alpha value is -1.03. The third kappa shape index (κ3) is 4.66. The van der Waals surface area contributed by atoms with Gasteiger partial charge < -0.3 is 10.1 Å². The van der Waals surface area contributed by atoms with E-state index in [1.165, 1.54) is 0 Å². The molecule has 3 nitrogen and oxygen atoms in total. The fraction of sp³-hybridized carbons (Fsp3) is 0.417.